The number of amides is 2. The van der Waals surface area contributed by atoms with Gasteiger partial charge in [-0.2, -0.15) is 5.10 Å². The number of fused-ring (bicyclic) bond motifs is 1. The smallest absolute Gasteiger partial charge is 0.358 e. The lowest BCUT2D eigenvalue weighted by Gasteiger charge is -2.44. The fraction of sp³-hybridized carbons (Fsp3) is 0.520. The van der Waals surface area contributed by atoms with Crippen molar-refractivity contribution >= 4 is 23.5 Å². The first kappa shape index (κ1) is 23.8. The number of aromatic nitrogens is 2. The lowest BCUT2D eigenvalue weighted by molar-refractivity contribution is -0.127. The number of anilines is 1. The Labute approximate surface area is 199 Å². The normalized spacial score (nSPS) is 20.6. The van der Waals surface area contributed by atoms with Crippen LogP contribution in [0.3, 0.4) is 0 Å². The molecule has 1 N–H and O–H groups in total. The van der Waals surface area contributed by atoms with Crippen molar-refractivity contribution in [1.29, 1.82) is 0 Å². The molecule has 1 saturated carbocycles. The monoisotopic (exact) mass is 468 g/mol. The zero-order valence-corrected chi connectivity index (χ0v) is 20.0. The summed E-state index contributed by atoms with van der Waals surface area (Å²) in [6, 6.07) is 8.62. The Morgan fingerprint density at radius 2 is 1.82 bits per heavy atom. The topological polar surface area (TPSA) is 103 Å². The van der Waals surface area contributed by atoms with E-state index in [0.29, 0.717) is 18.0 Å². The molecule has 2 amide bonds. The molecule has 2 aliphatic rings. The van der Waals surface area contributed by atoms with Crippen LogP contribution < -0.4 is 15.0 Å². The van der Waals surface area contributed by atoms with E-state index in [1.807, 2.05) is 6.92 Å². The molecule has 0 bridgehead atoms. The maximum Gasteiger partial charge on any atom is 0.358 e. The van der Waals surface area contributed by atoms with Crippen LogP contribution in [0.25, 0.3) is 0 Å². The Balaban J connectivity index is 1.72. The number of carbonyl (C=O) groups is 3. The highest BCUT2D eigenvalue weighted by Crippen LogP contribution is 2.34. The number of rotatable bonds is 7. The third kappa shape index (κ3) is 4.51. The van der Waals surface area contributed by atoms with Crippen LogP contribution in [0.2, 0.25) is 0 Å². The minimum atomic E-state index is -1.24. The fourth-order valence-electron chi connectivity index (χ4n) is 4.74. The summed E-state index contributed by atoms with van der Waals surface area (Å²) in [4.78, 5) is 41.2. The van der Waals surface area contributed by atoms with Gasteiger partial charge in [-0.05, 0) is 57.9 Å². The van der Waals surface area contributed by atoms with Crippen LogP contribution >= 0.6 is 0 Å². The van der Waals surface area contributed by atoms with Gasteiger partial charge in [0.15, 0.2) is 5.69 Å². The van der Waals surface area contributed by atoms with Crippen LogP contribution in [0.15, 0.2) is 30.3 Å². The predicted molar refractivity (Wildman–Crippen MR) is 126 cm³/mol. The van der Waals surface area contributed by atoms with Crippen molar-refractivity contribution in [2.24, 2.45) is 0 Å². The second-order valence-electron chi connectivity index (χ2n) is 8.94. The first-order chi connectivity index (χ1) is 16.4. The summed E-state index contributed by atoms with van der Waals surface area (Å²) in [5, 5.41) is 7.48. The van der Waals surface area contributed by atoms with Crippen molar-refractivity contribution < 1.29 is 23.9 Å². The first-order valence-corrected chi connectivity index (χ1v) is 12.0. The summed E-state index contributed by atoms with van der Waals surface area (Å²) in [7, 11) is 0. The number of hydrogen-bond acceptors (Lipinski definition) is 6. The zero-order valence-electron chi connectivity index (χ0n) is 20.0. The van der Waals surface area contributed by atoms with E-state index in [4.69, 9.17) is 9.47 Å². The van der Waals surface area contributed by atoms with Gasteiger partial charge in [-0.15, -0.1) is 0 Å². The molecule has 9 heteroatoms. The summed E-state index contributed by atoms with van der Waals surface area (Å²) in [5.41, 5.74) is -0.388. The van der Waals surface area contributed by atoms with Crippen LogP contribution in [0, 0.1) is 0 Å². The molecule has 0 saturated heterocycles. The van der Waals surface area contributed by atoms with Gasteiger partial charge in [-0.3, -0.25) is 19.2 Å². The molecule has 34 heavy (non-hydrogen) atoms. The molecule has 1 atom stereocenters. The van der Waals surface area contributed by atoms with E-state index >= 15 is 0 Å². The molecule has 2 aromatic rings. The molecule has 182 valence electrons. The third-order valence-corrected chi connectivity index (χ3v) is 6.47. The molecular weight excluding hydrogens is 436 g/mol. The second-order valence-corrected chi connectivity index (χ2v) is 8.94. The zero-order chi connectivity index (χ0) is 24.3. The molecule has 1 aliphatic carbocycles. The minimum absolute atomic E-state index is 0.0498. The van der Waals surface area contributed by atoms with Crippen LogP contribution in [-0.4, -0.2) is 52.4 Å². The minimum Gasteiger partial charge on any atom is -0.494 e. The van der Waals surface area contributed by atoms with Crippen molar-refractivity contribution in [1.82, 2.24) is 15.1 Å². The lowest BCUT2D eigenvalue weighted by atomic mass is 9.91. The number of nitrogens with zero attached hydrogens (tertiary/aromatic N) is 3. The van der Waals surface area contributed by atoms with Crippen molar-refractivity contribution in [2.75, 3.05) is 18.1 Å². The average molecular weight is 469 g/mol. The summed E-state index contributed by atoms with van der Waals surface area (Å²) in [5.74, 6) is -0.558. The van der Waals surface area contributed by atoms with E-state index in [1.165, 1.54) is 22.1 Å². The quantitative estimate of drug-likeness (QED) is 0.626. The van der Waals surface area contributed by atoms with Gasteiger partial charge in [0, 0.05) is 17.8 Å². The van der Waals surface area contributed by atoms with E-state index in [-0.39, 0.29) is 36.5 Å². The number of benzene rings is 1. The summed E-state index contributed by atoms with van der Waals surface area (Å²) < 4.78 is 12.0. The molecule has 1 aliphatic heterocycles. The number of carbonyl (C=O) groups excluding carboxylic acids is 3. The summed E-state index contributed by atoms with van der Waals surface area (Å²) in [6.45, 7) is 6.19. The van der Waals surface area contributed by atoms with Gasteiger partial charge in [0.05, 0.1) is 19.8 Å². The maximum atomic E-state index is 13.7. The number of hydrogen-bond donors (Lipinski definition) is 1. The second kappa shape index (κ2) is 9.87. The molecule has 0 radical (unpaired) electrons. The van der Waals surface area contributed by atoms with Gasteiger partial charge in [0.2, 0.25) is 5.91 Å². The molecule has 9 nitrogen and oxygen atoms in total. The van der Waals surface area contributed by atoms with Crippen LogP contribution in [0.4, 0.5) is 5.69 Å². The van der Waals surface area contributed by atoms with Crippen molar-refractivity contribution in [3.63, 3.8) is 0 Å². The van der Waals surface area contributed by atoms with Gasteiger partial charge >= 0.3 is 5.97 Å². The Bertz CT molecular complexity index is 1060. The van der Waals surface area contributed by atoms with E-state index < -0.39 is 17.4 Å². The van der Waals surface area contributed by atoms with E-state index in [1.54, 1.807) is 38.1 Å². The average Bonchev–Trinajstić information content (AvgIpc) is 3.25. The number of nitrogens with one attached hydrogen (secondary N) is 1. The summed E-state index contributed by atoms with van der Waals surface area (Å²) >= 11 is 0. The van der Waals surface area contributed by atoms with Crippen molar-refractivity contribution in [3.8, 4) is 5.75 Å². The molecule has 1 aromatic carbocycles. The lowest BCUT2D eigenvalue weighted by Crippen LogP contribution is -2.65. The Hall–Kier alpha value is -3.36. The Morgan fingerprint density at radius 1 is 1.12 bits per heavy atom. The highest BCUT2D eigenvalue weighted by atomic mass is 16.5. The van der Waals surface area contributed by atoms with Crippen LogP contribution in [0.5, 0.6) is 5.75 Å². The molecule has 1 fully saturated rings. The van der Waals surface area contributed by atoms with Crippen LogP contribution in [0.1, 0.15) is 73.9 Å². The van der Waals surface area contributed by atoms with E-state index in [9.17, 15) is 14.4 Å². The number of esters is 1. The molecule has 0 unspecified atom stereocenters. The van der Waals surface area contributed by atoms with Gasteiger partial charge in [-0.25, -0.2) is 4.79 Å². The summed E-state index contributed by atoms with van der Waals surface area (Å²) in [6.07, 6.45) is 5.19. The third-order valence-electron chi connectivity index (χ3n) is 6.47. The van der Waals surface area contributed by atoms with Gasteiger partial charge < -0.3 is 14.8 Å². The standard InChI is InChI=1S/C25H32N4O5/c1-4-33-19-13-11-18(12-14-19)29-22(30)21-15-20(23(31)34-5-2)27-28(21)16-25(29,3)24(32)26-17-9-7-6-8-10-17/h11-15,17H,4-10,16H2,1-3H3,(H,26,32)/t25-/m0/s1. The Morgan fingerprint density at radius 3 is 2.47 bits per heavy atom. The highest BCUT2D eigenvalue weighted by Gasteiger charge is 2.49. The van der Waals surface area contributed by atoms with Gasteiger partial charge in [0.25, 0.3) is 5.91 Å². The number of ether oxygens (including phenoxy) is 2. The predicted octanol–water partition coefficient (Wildman–Crippen LogP) is 3.33. The van der Waals surface area contributed by atoms with Crippen molar-refractivity contribution in [2.45, 2.75) is 71.0 Å². The van der Waals surface area contributed by atoms with E-state index in [0.717, 1.165) is 25.7 Å². The van der Waals surface area contributed by atoms with E-state index in [2.05, 4.69) is 10.4 Å². The SMILES string of the molecule is CCOC(=O)c1cc2n(n1)C[C@@](C)(C(=O)NC1CCCCC1)N(c1ccc(OCC)cc1)C2=O. The highest BCUT2D eigenvalue weighted by molar-refractivity contribution is 6.12. The van der Waals surface area contributed by atoms with Crippen LogP contribution in [-0.2, 0) is 16.1 Å². The first-order valence-electron chi connectivity index (χ1n) is 12.0. The molecule has 0 spiro atoms. The maximum absolute atomic E-state index is 13.7. The largest absolute Gasteiger partial charge is 0.494 e. The molecule has 4 rings (SSSR count). The van der Waals surface area contributed by atoms with Gasteiger partial charge in [0.1, 0.15) is 17.0 Å². The fourth-order valence-corrected chi connectivity index (χ4v) is 4.74. The van der Waals surface area contributed by atoms with Crippen molar-refractivity contribution in [3.05, 3.63) is 41.7 Å². The molecule has 2 heterocycles. The molecular formula is C25H32N4O5. The Kier molecular flexibility index (Phi) is 6.90. The molecule has 1 aromatic heterocycles. The van der Waals surface area contributed by atoms with Gasteiger partial charge in [-0.1, -0.05) is 19.3 Å².